The van der Waals surface area contributed by atoms with Crippen molar-refractivity contribution in [1.29, 1.82) is 0 Å². The number of hydrogen-bond donors (Lipinski definition) is 1. The summed E-state index contributed by atoms with van der Waals surface area (Å²) in [6.45, 7) is 6.64. The van der Waals surface area contributed by atoms with Gasteiger partial charge in [-0.3, -0.25) is 4.79 Å². The summed E-state index contributed by atoms with van der Waals surface area (Å²) in [6.07, 6.45) is 1.59. The zero-order valence-electron chi connectivity index (χ0n) is 10.9. The van der Waals surface area contributed by atoms with E-state index in [-0.39, 0.29) is 17.4 Å². The second-order valence-corrected chi connectivity index (χ2v) is 5.65. The van der Waals surface area contributed by atoms with Crippen LogP contribution in [0.3, 0.4) is 0 Å². The van der Waals surface area contributed by atoms with Crippen molar-refractivity contribution in [3.8, 4) is 0 Å². The van der Waals surface area contributed by atoms with Crippen molar-refractivity contribution < 1.29 is 4.79 Å². The average Bonchev–Trinajstić information content (AvgIpc) is 2.56. The predicted molar refractivity (Wildman–Crippen MR) is 69.6 cm³/mol. The van der Waals surface area contributed by atoms with Gasteiger partial charge >= 0.3 is 0 Å². The molecular weight excluding hydrogens is 210 g/mol. The van der Waals surface area contributed by atoms with Crippen LogP contribution in [0.5, 0.6) is 0 Å². The second kappa shape index (κ2) is 4.52. The van der Waals surface area contributed by atoms with Crippen molar-refractivity contribution in [2.24, 2.45) is 11.3 Å². The molecule has 0 radical (unpaired) electrons. The van der Waals surface area contributed by atoms with E-state index in [2.05, 4.69) is 50.4 Å². The highest BCUT2D eigenvalue weighted by atomic mass is 16.2. The first-order valence-electron chi connectivity index (χ1n) is 6.35. The number of rotatable bonds is 3. The summed E-state index contributed by atoms with van der Waals surface area (Å²) in [5, 5.41) is 3.14. The normalized spacial score (nSPS) is 28.5. The molecule has 1 aromatic rings. The predicted octanol–water partition coefficient (Wildman–Crippen LogP) is 2.78. The zero-order valence-corrected chi connectivity index (χ0v) is 10.9. The number of hydrogen-bond acceptors (Lipinski definition) is 1. The number of amides is 1. The molecule has 0 bridgehead atoms. The molecule has 0 saturated carbocycles. The van der Waals surface area contributed by atoms with Crippen molar-refractivity contribution in [1.82, 2.24) is 5.32 Å². The summed E-state index contributed by atoms with van der Waals surface area (Å²) in [5.74, 6) is 0.706. The SMILES string of the molecule is CC(C)C1(C)CC(=O)NC1Cc1ccccc1. The third-order valence-corrected chi connectivity index (χ3v) is 4.27. The van der Waals surface area contributed by atoms with Crippen LogP contribution >= 0.6 is 0 Å². The number of carbonyl (C=O) groups is 1. The molecule has 2 heteroatoms. The number of carbonyl (C=O) groups excluding carboxylic acids is 1. The third-order valence-electron chi connectivity index (χ3n) is 4.27. The maximum absolute atomic E-state index is 11.7. The van der Waals surface area contributed by atoms with Crippen LogP contribution < -0.4 is 5.32 Å². The van der Waals surface area contributed by atoms with E-state index < -0.39 is 0 Å². The van der Waals surface area contributed by atoms with Gasteiger partial charge in [-0.1, -0.05) is 51.1 Å². The van der Waals surface area contributed by atoms with Crippen LogP contribution in [-0.4, -0.2) is 11.9 Å². The smallest absolute Gasteiger partial charge is 0.220 e. The van der Waals surface area contributed by atoms with E-state index in [9.17, 15) is 4.79 Å². The molecule has 1 fully saturated rings. The van der Waals surface area contributed by atoms with Crippen molar-refractivity contribution in [3.05, 3.63) is 35.9 Å². The highest BCUT2D eigenvalue weighted by Gasteiger charge is 2.44. The van der Waals surface area contributed by atoms with Gasteiger partial charge in [0.25, 0.3) is 0 Å². The standard InChI is InChI=1S/C15H21NO/c1-11(2)15(3)10-14(17)16-13(15)9-12-7-5-4-6-8-12/h4-8,11,13H,9-10H2,1-3H3,(H,16,17). The Labute approximate surface area is 103 Å². The summed E-state index contributed by atoms with van der Waals surface area (Å²) in [5.41, 5.74) is 1.37. The molecule has 92 valence electrons. The molecule has 2 rings (SSSR count). The van der Waals surface area contributed by atoms with Gasteiger partial charge < -0.3 is 5.32 Å². The first kappa shape index (κ1) is 12.2. The maximum atomic E-state index is 11.7. The molecule has 1 N–H and O–H groups in total. The maximum Gasteiger partial charge on any atom is 0.220 e. The fourth-order valence-electron chi connectivity index (χ4n) is 2.62. The van der Waals surface area contributed by atoms with E-state index in [1.54, 1.807) is 0 Å². The summed E-state index contributed by atoms with van der Waals surface area (Å²) in [6, 6.07) is 10.7. The van der Waals surface area contributed by atoms with Crippen LogP contribution in [0.1, 0.15) is 32.8 Å². The molecule has 1 aliphatic rings. The average molecular weight is 231 g/mol. The Bertz CT molecular complexity index is 399. The molecule has 2 atom stereocenters. The molecule has 1 heterocycles. The van der Waals surface area contributed by atoms with E-state index >= 15 is 0 Å². The van der Waals surface area contributed by atoms with E-state index in [0.29, 0.717) is 12.3 Å². The topological polar surface area (TPSA) is 29.1 Å². The van der Waals surface area contributed by atoms with Gasteiger partial charge in [0.2, 0.25) is 5.91 Å². The summed E-state index contributed by atoms with van der Waals surface area (Å²) >= 11 is 0. The van der Waals surface area contributed by atoms with Gasteiger partial charge in [-0.2, -0.15) is 0 Å². The van der Waals surface area contributed by atoms with Crippen LogP contribution in [-0.2, 0) is 11.2 Å². The second-order valence-electron chi connectivity index (χ2n) is 5.65. The van der Waals surface area contributed by atoms with E-state index in [0.717, 1.165) is 6.42 Å². The zero-order chi connectivity index (χ0) is 12.5. The van der Waals surface area contributed by atoms with Crippen LogP contribution in [0.2, 0.25) is 0 Å². The minimum absolute atomic E-state index is 0.0763. The molecule has 1 aliphatic heterocycles. The first-order chi connectivity index (χ1) is 8.02. The van der Waals surface area contributed by atoms with Crippen LogP contribution in [0, 0.1) is 11.3 Å². The fourth-order valence-corrected chi connectivity index (χ4v) is 2.62. The van der Waals surface area contributed by atoms with Crippen LogP contribution in [0.4, 0.5) is 0 Å². The van der Waals surface area contributed by atoms with Crippen molar-refractivity contribution in [2.75, 3.05) is 0 Å². The van der Waals surface area contributed by atoms with Gasteiger partial charge in [-0.05, 0) is 23.3 Å². The first-order valence-corrected chi connectivity index (χ1v) is 6.35. The van der Waals surface area contributed by atoms with Crippen LogP contribution in [0.25, 0.3) is 0 Å². The Morgan fingerprint density at radius 3 is 2.59 bits per heavy atom. The molecular formula is C15H21NO. The largest absolute Gasteiger partial charge is 0.352 e. The van der Waals surface area contributed by atoms with Crippen molar-refractivity contribution in [3.63, 3.8) is 0 Å². The quantitative estimate of drug-likeness (QED) is 0.851. The fraction of sp³-hybridized carbons (Fsp3) is 0.533. The van der Waals surface area contributed by atoms with Crippen LogP contribution in [0.15, 0.2) is 30.3 Å². The third kappa shape index (κ3) is 2.36. The lowest BCUT2D eigenvalue weighted by Gasteiger charge is -2.34. The molecule has 17 heavy (non-hydrogen) atoms. The number of nitrogens with one attached hydrogen (secondary N) is 1. The molecule has 0 aliphatic carbocycles. The van der Waals surface area contributed by atoms with E-state index in [1.807, 2.05) is 6.07 Å². The van der Waals surface area contributed by atoms with Gasteiger partial charge in [0.1, 0.15) is 0 Å². The van der Waals surface area contributed by atoms with Gasteiger partial charge in [0, 0.05) is 12.5 Å². The Kier molecular flexibility index (Phi) is 3.23. The van der Waals surface area contributed by atoms with Gasteiger partial charge in [0.15, 0.2) is 0 Å². The summed E-state index contributed by atoms with van der Waals surface area (Å²) < 4.78 is 0. The molecule has 1 amide bonds. The van der Waals surface area contributed by atoms with Gasteiger partial charge in [-0.25, -0.2) is 0 Å². The Morgan fingerprint density at radius 1 is 1.35 bits per heavy atom. The monoisotopic (exact) mass is 231 g/mol. The highest BCUT2D eigenvalue weighted by molar-refractivity contribution is 5.80. The van der Waals surface area contributed by atoms with E-state index in [1.165, 1.54) is 5.56 Å². The molecule has 2 nitrogen and oxygen atoms in total. The summed E-state index contributed by atoms with van der Waals surface area (Å²) in [7, 11) is 0. The Balaban J connectivity index is 2.17. The van der Waals surface area contributed by atoms with E-state index in [4.69, 9.17) is 0 Å². The number of benzene rings is 1. The molecule has 0 spiro atoms. The lowest BCUT2D eigenvalue weighted by Crippen LogP contribution is -2.40. The van der Waals surface area contributed by atoms with Crippen molar-refractivity contribution >= 4 is 5.91 Å². The Morgan fingerprint density at radius 2 is 2.00 bits per heavy atom. The van der Waals surface area contributed by atoms with Gasteiger partial charge in [0.05, 0.1) is 0 Å². The molecule has 0 aromatic heterocycles. The molecule has 1 saturated heterocycles. The van der Waals surface area contributed by atoms with Gasteiger partial charge in [-0.15, -0.1) is 0 Å². The lowest BCUT2D eigenvalue weighted by molar-refractivity contribution is -0.119. The molecule has 2 unspecified atom stereocenters. The molecule has 1 aromatic carbocycles. The summed E-state index contributed by atoms with van der Waals surface area (Å²) in [4.78, 5) is 11.7. The Hall–Kier alpha value is -1.31. The van der Waals surface area contributed by atoms with Crippen molar-refractivity contribution in [2.45, 2.75) is 39.7 Å². The minimum atomic E-state index is 0.0763. The minimum Gasteiger partial charge on any atom is -0.352 e. The lowest BCUT2D eigenvalue weighted by atomic mass is 9.71. The highest BCUT2D eigenvalue weighted by Crippen LogP contribution is 2.40.